The van der Waals surface area contributed by atoms with Gasteiger partial charge in [-0.2, -0.15) is 5.10 Å². The second-order valence-corrected chi connectivity index (χ2v) is 2.84. The van der Waals surface area contributed by atoms with Crippen LogP contribution in [-0.2, 0) is 0 Å². The van der Waals surface area contributed by atoms with Gasteiger partial charge in [-0.05, 0) is 20.8 Å². The van der Waals surface area contributed by atoms with Crippen LogP contribution in [0, 0.1) is 0 Å². The van der Waals surface area contributed by atoms with Gasteiger partial charge in [0, 0.05) is 12.9 Å². The minimum Gasteiger partial charge on any atom is -0.269 e. The third kappa shape index (κ3) is 2.31. The van der Waals surface area contributed by atoms with Crippen molar-refractivity contribution in [2.45, 2.75) is 26.3 Å². The molecule has 0 aromatic rings. The zero-order valence-corrected chi connectivity index (χ0v) is 6.39. The second kappa shape index (κ2) is 2.67. The fraction of sp³-hybridized carbons (Fsp3) is 0.571. The molecule has 52 valence electrons. The molecule has 0 fully saturated rings. The van der Waals surface area contributed by atoms with Crippen molar-refractivity contribution in [1.29, 1.82) is 0 Å². The van der Waals surface area contributed by atoms with Crippen molar-refractivity contribution < 1.29 is 0 Å². The van der Waals surface area contributed by atoms with E-state index in [9.17, 15) is 0 Å². The highest BCUT2D eigenvalue weighted by atomic mass is 15.5. The maximum atomic E-state index is 3.74. The van der Waals surface area contributed by atoms with Crippen LogP contribution in [0.1, 0.15) is 20.8 Å². The maximum Gasteiger partial charge on any atom is 0.0543 e. The molecule has 0 heterocycles. The van der Waals surface area contributed by atoms with E-state index in [4.69, 9.17) is 0 Å². The standard InChI is InChI=1S/C7H14N2/c1-6-9(8-5)7(2,3)4/h6H,1,5H2,2-4H3. The monoisotopic (exact) mass is 126 g/mol. The average Bonchev–Trinajstić information content (AvgIpc) is 1.65. The third-order valence-electron chi connectivity index (χ3n) is 1.01. The molecule has 0 atom stereocenters. The summed E-state index contributed by atoms with van der Waals surface area (Å²) in [6.07, 6.45) is 1.66. The van der Waals surface area contributed by atoms with Crippen LogP contribution >= 0.6 is 0 Å². The van der Waals surface area contributed by atoms with Crippen molar-refractivity contribution in [3.8, 4) is 0 Å². The van der Waals surface area contributed by atoms with E-state index in [0.29, 0.717) is 0 Å². The summed E-state index contributed by atoms with van der Waals surface area (Å²) in [6, 6.07) is 0. The Labute approximate surface area is 56.9 Å². The van der Waals surface area contributed by atoms with Crippen LogP contribution in [0.15, 0.2) is 17.9 Å². The fourth-order valence-electron chi connectivity index (χ4n) is 0.544. The zero-order valence-electron chi connectivity index (χ0n) is 6.39. The van der Waals surface area contributed by atoms with Gasteiger partial charge in [-0.1, -0.05) is 6.58 Å². The van der Waals surface area contributed by atoms with Crippen LogP contribution in [0.4, 0.5) is 0 Å². The molecule has 0 radical (unpaired) electrons. The topological polar surface area (TPSA) is 15.6 Å². The molecule has 0 aromatic carbocycles. The van der Waals surface area contributed by atoms with Crippen molar-refractivity contribution in [1.82, 2.24) is 5.01 Å². The van der Waals surface area contributed by atoms with Gasteiger partial charge in [-0.25, -0.2) is 0 Å². The molecule has 0 aromatic heterocycles. The van der Waals surface area contributed by atoms with Crippen LogP contribution in [0.2, 0.25) is 0 Å². The molecule has 0 aliphatic carbocycles. The number of rotatable bonds is 2. The summed E-state index contributed by atoms with van der Waals surface area (Å²) >= 11 is 0. The Balaban J connectivity index is 4.11. The van der Waals surface area contributed by atoms with Gasteiger partial charge >= 0.3 is 0 Å². The molecular weight excluding hydrogens is 112 g/mol. The third-order valence-corrected chi connectivity index (χ3v) is 1.01. The van der Waals surface area contributed by atoms with Gasteiger partial charge < -0.3 is 0 Å². The van der Waals surface area contributed by atoms with Crippen molar-refractivity contribution >= 4 is 6.72 Å². The summed E-state index contributed by atoms with van der Waals surface area (Å²) in [5.74, 6) is 0. The normalized spacial score (nSPS) is 10.6. The number of hydrogen-bond donors (Lipinski definition) is 0. The van der Waals surface area contributed by atoms with E-state index in [0.717, 1.165) is 0 Å². The van der Waals surface area contributed by atoms with Crippen molar-refractivity contribution in [2.75, 3.05) is 0 Å². The number of nitrogens with zero attached hydrogens (tertiary/aromatic N) is 2. The summed E-state index contributed by atoms with van der Waals surface area (Å²) < 4.78 is 0. The Morgan fingerprint density at radius 1 is 1.44 bits per heavy atom. The van der Waals surface area contributed by atoms with Crippen molar-refractivity contribution in [3.05, 3.63) is 12.8 Å². The molecule has 0 rings (SSSR count). The van der Waals surface area contributed by atoms with Crippen LogP contribution in [-0.4, -0.2) is 17.3 Å². The smallest absolute Gasteiger partial charge is 0.0543 e. The SMILES string of the molecule is C=CN(N=C)C(C)(C)C. The van der Waals surface area contributed by atoms with Gasteiger partial charge in [-0.3, -0.25) is 5.01 Å². The van der Waals surface area contributed by atoms with Crippen molar-refractivity contribution in [2.24, 2.45) is 5.10 Å². The predicted molar refractivity (Wildman–Crippen MR) is 41.3 cm³/mol. The van der Waals surface area contributed by atoms with E-state index in [1.165, 1.54) is 0 Å². The van der Waals surface area contributed by atoms with E-state index >= 15 is 0 Å². The van der Waals surface area contributed by atoms with E-state index in [1.54, 1.807) is 11.2 Å². The van der Waals surface area contributed by atoms with Crippen LogP contribution < -0.4 is 0 Å². The molecule has 0 bridgehead atoms. The van der Waals surface area contributed by atoms with Crippen LogP contribution in [0.3, 0.4) is 0 Å². The van der Waals surface area contributed by atoms with Gasteiger partial charge in [-0.15, -0.1) is 0 Å². The molecule has 0 saturated heterocycles. The molecule has 2 heteroatoms. The van der Waals surface area contributed by atoms with Crippen LogP contribution in [0.5, 0.6) is 0 Å². The summed E-state index contributed by atoms with van der Waals surface area (Å²) in [6.45, 7) is 13.1. The van der Waals surface area contributed by atoms with E-state index in [2.05, 4.69) is 18.4 Å². The lowest BCUT2D eigenvalue weighted by Crippen LogP contribution is -2.32. The molecule has 0 spiro atoms. The Morgan fingerprint density at radius 2 is 1.89 bits per heavy atom. The van der Waals surface area contributed by atoms with E-state index in [1.807, 2.05) is 20.8 Å². The van der Waals surface area contributed by atoms with E-state index in [-0.39, 0.29) is 5.54 Å². The minimum absolute atomic E-state index is 0.00347. The lowest BCUT2D eigenvalue weighted by molar-refractivity contribution is 0.217. The first-order valence-corrected chi connectivity index (χ1v) is 2.91. The van der Waals surface area contributed by atoms with E-state index < -0.39 is 0 Å². The molecule has 0 aliphatic heterocycles. The lowest BCUT2D eigenvalue weighted by Gasteiger charge is -2.28. The maximum absolute atomic E-state index is 3.74. The first-order chi connectivity index (χ1) is 4.02. The first kappa shape index (κ1) is 8.21. The van der Waals surface area contributed by atoms with Gasteiger partial charge in [0.15, 0.2) is 0 Å². The summed E-state index contributed by atoms with van der Waals surface area (Å²) in [4.78, 5) is 0. The second-order valence-electron chi connectivity index (χ2n) is 2.84. The summed E-state index contributed by atoms with van der Waals surface area (Å²) in [5, 5.41) is 5.46. The van der Waals surface area contributed by atoms with Gasteiger partial charge in [0.05, 0.1) is 5.54 Å². The van der Waals surface area contributed by atoms with Gasteiger partial charge in [0.25, 0.3) is 0 Å². The first-order valence-electron chi connectivity index (χ1n) is 2.91. The quantitative estimate of drug-likeness (QED) is 0.407. The molecule has 0 unspecified atom stereocenters. The number of hydrogen-bond acceptors (Lipinski definition) is 2. The molecule has 9 heavy (non-hydrogen) atoms. The fourth-order valence-corrected chi connectivity index (χ4v) is 0.544. The van der Waals surface area contributed by atoms with Crippen molar-refractivity contribution in [3.63, 3.8) is 0 Å². The molecular formula is C7H14N2. The predicted octanol–water partition coefficient (Wildman–Crippen LogP) is 1.85. The average molecular weight is 126 g/mol. The lowest BCUT2D eigenvalue weighted by atomic mass is 10.1. The van der Waals surface area contributed by atoms with Gasteiger partial charge in [0.2, 0.25) is 0 Å². The molecule has 0 amide bonds. The molecule has 0 aliphatic rings. The molecule has 2 nitrogen and oxygen atoms in total. The molecule has 0 N–H and O–H groups in total. The Kier molecular flexibility index (Phi) is 2.43. The Bertz CT molecular complexity index is 103. The number of hydrazone groups is 1. The summed E-state index contributed by atoms with van der Waals surface area (Å²) in [5.41, 5.74) is 0.00347. The van der Waals surface area contributed by atoms with Crippen LogP contribution in [0.25, 0.3) is 0 Å². The summed E-state index contributed by atoms with van der Waals surface area (Å²) in [7, 11) is 0. The van der Waals surface area contributed by atoms with Gasteiger partial charge in [0.1, 0.15) is 0 Å². The largest absolute Gasteiger partial charge is 0.269 e. The molecule has 0 saturated carbocycles. The Hall–Kier alpha value is -0.790. The minimum atomic E-state index is 0.00347. The highest BCUT2D eigenvalue weighted by Gasteiger charge is 2.14. The highest BCUT2D eigenvalue weighted by Crippen LogP contribution is 2.12. The zero-order chi connectivity index (χ0) is 7.49. The highest BCUT2D eigenvalue weighted by molar-refractivity contribution is 5.23. The Morgan fingerprint density at radius 3 is 1.89 bits per heavy atom.